The van der Waals surface area contributed by atoms with E-state index in [1.54, 1.807) is 30.6 Å². The van der Waals surface area contributed by atoms with Crippen LogP contribution in [0.5, 0.6) is 5.75 Å². The molecule has 29 heavy (non-hydrogen) atoms. The van der Waals surface area contributed by atoms with Crippen LogP contribution in [0.2, 0.25) is 0 Å². The highest BCUT2D eigenvalue weighted by molar-refractivity contribution is 5.96. The summed E-state index contributed by atoms with van der Waals surface area (Å²) in [6.07, 6.45) is -1.47. The monoisotopic (exact) mass is 401 g/mol. The molecule has 0 fully saturated rings. The second kappa shape index (κ2) is 7.30. The van der Waals surface area contributed by atoms with Gasteiger partial charge in [-0.25, -0.2) is 4.98 Å². The number of amides is 1. The second-order valence-electron chi connectivity index (χ2n) is 6.15. The van der Waals surface area contributed by atoms with Gasteiger partial charge in [0.25, 0.3) is 5.91 Å². The number of aromatic nitrogens is 4. The van der Waals surface area contributed by atoms with Gasteiger partial charge in [0.2, 0.25) is 0 Å². The fraction of sp³-hybridized carbons (Fsp3) is 0.105. The molecule has 10 heteroatoms. The minimum Gasteiger partial charge on any atom is -0.406 e. The molecule has 1 aromatic carbocycles. The first-order chi connectivity index (χ1) is 13.9. The fourth-order valence-electron chi connectivity index (χ4n) is 2.87. The number of carbonyl (C=O) groups excluding carboxylic acids is 1. The normalized spacial score (nSPS) is 11.6. The largest absolute Gasteiger partial charge is 0.573 e. The van der Waals surface area contributed by atoms with Gasteiger partial charge in [-0.1, -0.05) is 12.1 Å². The average Bonchev–Trinajstić information content (AvgIpc) is 3.32. The highest BCUT2D eigenvalue weighted by Crippen LogP contribution is 2.26. The zero-order valence-electron chi connectivity index (χ0n) is 14.7. The summed E-state index contributed by atoms with van der Waals surface area (Å²) in [6.45, 7) is 0.0408. The summed E-state index contributed by atoms with van der Waals surface area (Å²) < 4.78 is 40.8. The average molecular weight is 401 g/mol. The van der Waals surface area contributed by atoms with Gasteiger partial charge in [-0.3, -0.25) is 9.89 Å². The Kier molecular flexibility index (Phi) is 4.67. The van der Waals surface area contributed by atoms with Crippen LogP contribution in [0.15, 0.2) is 54.9 Å². The van der Waals surface area contributed by atoms with E-state index in [1.165, 1.54) is 18.2 Å². The third-order valence-corrected chi connectivity index (χ3v) is 4.13. The number of hydrogen-bond donors (Lipinski definition) is 3. The van der Waals surface area contributed by atoms with E-state index in [0.717, 1.165) is 16.6 Å². The van der Waals surface area contributed by atoms with Gasteiger partial charge in [0.15, 0.2) is 5.65 Å². The van der Waals surface area contributed by atoms with Crippen molar-refractivity contribution in [3.8, 4) is 17.0 Å². The fourth-order valence-corrected chi connectivity index (χ4v) is 2.87. The molecule has 0 radical (unpaired) electrons. The Morgan fingerprint density at radius 2 is 2.03 bits per heavy atom. The second-order valence-corrected chi connectivity index (χ2v) is 6.15. The highest BCUT2D eigenvalue weighted by Gasteiger charge is 2.31. The molecule has 0 saturated carbocycles. The number of ether oxygens (including phenoxy) is 1. The van der Waals surface area contributed by atoms with E-state index in [4.69, 9.17) is 0 Å². The predicted molar refractivity (Wildman–Crippen MR) is 98.0 cm³/mol. The number of pyridine rings is 1. The number of rotatable bonds is 5. The molecule has 4 rings (SSSR count). The van der Waals surface area contributed by atoms with Crippen molar-refractivity contribution in [1.29, 1.82) is 0 Å². The van der Waals surface area contributed by atoms with Crippen LogP contribution < -0.4 is 10.1 Å². The Balaban J connectivity index is 1.44. The Morgan fingerprint density at radius 3 is 2.86 bits per heavy atom. The molecule has 0 aliphatic rings. The van der Waals surface area contributed by atoms with Crippen molar-refractivity contribution in [2.75, 3.05) is 0 Å². The number of nitrogens with zero attached hydrogens (tertiary/aromatic N) is 2. The maximum atomic E-state index is 12.4. The van der Waals surface area contributed by atoms with Crippen molar-refractivity contribution in [2.24, 2.45) is 0 Å². The van der Waals surface area contributed by atoms with Crippen molar-refractivity contribution < 1.29 is 22.7 Å². The van der Waals surface area contributed by atoms with Gasteiger partial charge in [-0.05, 0) is 35.9 Å². The smallest absolute Gasteiger partial charge is 0.406 e. The molecule has 3 N–H and O–H groups in total. The Labute approximate surface area is 161 Å². The predicted octanol–water partition coefficient (Wildman–Crippen LogP) is 3.78. The number of carbonyl (C=O) groups is 1. The van der Waals surface area contributed by atoms with Crippen LogP contribution in [0.4, 0.5) is 13.2 Å². The molecule has 0 saturated heterocycles. The molecule has 4 aromatic rings. The zero-order chi connectivity index (χ0) is 20.4. The van der Waals surface area contributed by atoms with Crippen molar-refractivity contribution >= 4 is 16.9 Å². The van der Waals surface area contributed by atoms with Crippen molar-refractivity contribution in [1.82, 2.24) is 25.5 Å². The minimum atomic E-state index is -4.77. The van der Waals surface area contributed by atoms with Crippen LogP contribution in [-0.4, -0.2) is 32.4 Å². The molecular formula is C19H14F3N5O2. The van der Waals surface area contributed by atoms with Gasteiger partial charge < -0.3 is 15.0 Å². The third-order valence-electron chi connectivity index (χ3n) is 4.13. The van der Waals surface area contributed by atoms with Crippen LogP contribution in [0, 0.1) is 0 Å². The van der Waals surface area contributed by atoms with Crippen LogP contribution in [0.25, 0.3) is 22.3 Å². The van der Waals surface area contributed by atoms with Gasteiger partial charge in [0.1, 0.15) is 11.4 Å². The van der Waals surface area contributed by atoms with Crippen molar-refractivity contribution in [2.45, 2.75) is 12.9 Å². The highest BCUT2D eigenvalue weighted by atomic mass is 19.4. The third kappa shape index (κ3) is 4.21. The maximum Gasteiger partial charge on any atom is 0.573 e. The SMILES string of the molecule is O=C(NCc1cccc(OC(F)(F)F)c1)c1cc(-c2[nH]nc3ncccc23)c[nH]1. The molecule has 0 spiro atoms. The van der Waals surface area contributed by atoms with E-state index in [1.807, 2.05) is 6.07 Å². The summed E-state index contributed by atoms with van der Waals surface area (Å²) in [7, 11) is 0. The quantitative estimate of drug-likeness (QED) is 0.474. The van der Waals surface area contributed by atoms with E-state index in [2.05, 4.69) is 30.2 Å². The van der Waals surface area contributed by atoms with Gasteiger partial charge in [-0.2, -0.15) is 5.10 Å². The molecule has 0 aliphatic carbocycles. The molecular weight excluding hydrogens is 387 g/mol. The topological polar surface area (TPSA) is 95.7 Å². The van der Waals surface area contributed by atoms with Crippen molar-refractivity contribution in [3.63, 3.8) is 0 Å². The van der Waals surface area contributed by atoms with Crippen LogP contribution in [-0.2, 0) is 6.54 Å². The summed E-state index contributed by atoms with van der Waals surface area (Å²) >= 11 is 0. The van der Waals surface area contributed by atoms with Gasteiger partial charge in [0.05, 0.1) is 5.69 Å². The standard InChI is InChI=1S/C19H14F3N5O2/c20-19(21,22)29-13-4-1-3-11(7-13)9-25-18(28)15-8-12(10-24-15)16-14-5-2-6-23-17(14)27-26-16/h1-8,10,24H,9H2,(H,25,28)(H,23,26,27). The number of aromatic amines is 2. The van der Waals surface area contributed by atoms with Gasteiger partial charge in [-0.15, -0.1) is 13.2 Å². The lowest BCUT2D eigenvalue weighted by Gasteiger charge is -2.10. The molecule has 0 aliphatic heterocycles. The number of fused-ring (bicyclic) bond motifs is 1. The number of halogens is 3. The summed E-state index contributed by atoms with van der Waals surface area (Å²) in [5.74, 6) is -0.744. The van der Waals surface area contributed by atoms with Crippen molar-refractivity contribution in [3.05, 3.63) is 66.1 Å². The Hall–Kier alpha value is -3.82. The zero-order valence-corrected chi connectivity index (χ0v) is 14.7. The maximum absolute atomic E-state index is 12.4. The van der Waals surface area contributed by atoms with Crippen LogP contribution >= 0.6 is 0 Å². The first-order valence-electron chi connectivity index (χ1n) is 8.50. The van der Waals surface area contributed by atoms with Crippen LogP contribution in [0.1, 0.15) is 16.1 Å². The molecule has 0 bridgehead atoms. The summed E-state index contributed by atoms with van der Waals surface area (Å²) in [4.78, 5) is 19.4. The lowest BCUT2D eigenvalue weighted by atomic mass is 10.1. The molecule has 1 amide bonds. The van der Waals surface area contributed by atoms with Gasteiger partial charge in [0, 0.05) is 29.9 Å². The number of hydrogen-bond acceptors (Lipinski definition) is 4. The van der Waals surface area contributed by atoms with E-state index in [-0.39, 0.29) is 12.3 Å². The summed E-state index contributed by atoms with van der Waals surface area (Å²) in [6, 6.07) is 10.7. The van der Waals surface area contributed by atoms with E-state index < -0.39 is 12.3 Å². The number of H-pyrrole nitrogens is 2. The number of benzene rings is 1. The number of nitrogens with one attached hydrogen (secondary N) is 3. The van der Waals surface area contributed by atoms with Gasteiger partial charge >= 0.3 is 6.36 Å². The summed E-state index contributed by atoms with van der Waals surface area (Å²) in [5.41, 5.74) is 2.79. The molecule has 7 nitrogen and oxygen atoms in total. The van der Waals surface area contributed by atoms with E-state index in [0.29, 0.717) is 16.9 Å². The van der Waals surface area contributed by atoms with Crippen LogP contribution in [0.3, 0.4) is 0 Å². The first-order valence-corrected chi connectivity index (χ1v) is 8.50. The van der Waals surface area contributed by atoms with E-state index >= 15 is 0 Å². The lowest BCUT2D eigenvalue weighted by Crippen LogP contribution is -2.23. The molecule has 0 unspecified atom stereocenters. The molecule has 3 heterocycles. The number of alkyl halides is 3. The molecule has 0 atom stereocenters. The lowest BCUT2D eigenvalue weighted by molar-refractivity contribution is -0.274. The minimum absolute atomic E-state index is 0.0408. The first kappa shape index (κ1) is 18.5. The Morgan fingerprint density at radius 1 is 1.17 bits per heavy atom. The Bertz CT molecular complexity index is 1170. The van der Waals surface area contributed by atoms with E-state index in [9.17, 15) is 18.0 Å². The summed E-state index contributed by atoms with van der Waals surface area (Å²) in [5, 5.41) is 10.5. The molecule has 148 valence electrons. The molecule has 3 aromatic heterocycles.